The zero-order chi connectivity index (χ0) is 16.2. The minimum atomic E-state index is -0.754. The zero-order valence-electron chi connectivity index (χ0n) is 13.3. The van der Waals surface area contributed by atoms with E-state index >= 15 is 0 Å². The summed E-state index contributed by atoms with van der Waals surface area (Å²) in [6.07, 6.45) is 3.48. The van der Waals surface area contributed by atoms with Crippen molar-refractivity contribution in [1.82, 2.24) is 10.6 Å². The smallest absolute Gasteiger partial charge is 0.315 e. The average molecular weight is 303 g/mol. The maximum atomic E-state index is 12.2. The lowest BCUT2D eigenvalue weighted by atomic mass is 9.77. The van der Waals surface area contributed by atoms with E-state index in [9.17, 15) is 9.59 Å². The maximum absolute atomic E-state index is 12.2. The second kappa shape index (κ2) is 6.81. The Morgan fingerprint density at radius 2 is 1.91 bits per heavy atom. The van der Waals surface area contributed by atoms with E-state index in [1.54, 1.807) is 13.8 Å². The van der Waals surface area contributed by atoms with Crippen LogP contribution in [0.3, 0.4) is 0 Å². The van der Waals surface area contributed by atoms with Crippen LogP contribution in [0.2, 0.25) is 0 Å². The van der Waals surface area contributed by atoms with Crippen molar-refractivity contribution in [2.45, 2.75) is 39.2 Å². The van der Waals surface area contributed by atoms with E-state index in [1.807, 2.05) is 30.3 Å². The number of carbonyl (C=O) groups is 2. The minimum absolute atomic E-state index is 0.0200. The molecule has 4 N–H and O–H groups in total. The molecule has 0 aliphatic heterocycles. The van der Waals surface area contributed by atoms with Crippen molar-refractivity contribution in [2.75, 3.05) is 6.54 Å². The van der Waals surface area contributed by atoms with E-state index in [0.717, 1.165) is 18.4 Å². The van der Waals surface area contributed by atoms with Gasteiger partial charge in [0.25, 0.3) is 0 Å². The first kappa shape index (κ1) is 16.3. The molecule has 0 bridgehead atoms. The number of amides is 3. The molecule has 1 aliphatic carbocycles. The molecule has 1 aliphatic rings. The van der Waals surface area contributed by atoms with Crippen LogP contribution in [0.15, 0.2) is 30.3 Å². The molecule has 1 aromatic rings. The first-order valence-corrected chi connectivity index (χ1v) is 7.79. The molecule has 1 saturated carbocycles. The Morgan fingerprint density at radius 3 is 2.41 bits per heavy atom. The fourth-order valence-electron chi connectivity index (χ4n) is 2.49. The van der Waals surface area contributed by atoms with Gasteiger partial charge in [0.15, 0.2) is 0 Å². The lowest BCUT2D eigenvalue weighted by Crippen LogP contribution is -2.47. The van der Waals surface area contributed by atoms with E-state index in [0.29, 0.717) is 5.92 Å². The highest BCUT2D eigenvalue weighted by atomic mass is 16.2. The quantitative estimate of drug-likeness (QED) is 0.753. The van der Waals surface area contributed by atoms with Gasteiger partial charge in [-0.2, -0.15) is 0 Å². The number of rotatable bonds is 6. The second-order valence-corrected chi connectivity index (χ2v) is 6.65. The average Bonchev–Trinajstić information content (AvgIpc) is 2.43. The maximum Gasteiger partial charge on any atom is 0.315 e. The Kier molecular flexibility index (Phi) is 5.06. The van der Waals surface area contributed by atoms with Gasteiger partial charge >= 0.3 is 6.03 Å². The van der Waals surface area contributed by atoms with Crippen LogP contribution in [0.25, 0.3) is 0 Å². The van der Waals surface area contributed by atoms with Crippen molar-refractivity contribution < 1.29 is 9.59 Å². The fraction of sp³-hybridized carbons (Fsp3) is 0.529. The lowest BCUT2D eigenvalue weighted by molar-refractivity contribution is -0.125. The number of nitrogens with one attached hydrogen (secondary N) is 2. The van der Waals surface area contributed by atoms with Crippen molar-refractivity contribution in [3.63, 3.8) is 0 Å². The molecule has 1 aromatic carbocycles. The van der Waals surface area contributed by atoms with Crippen molar-refractivity contribution in [3.05, 3.63) is 35.9 Å². The van der Waals surface area contributed by atoms with Crippen molar-refractivity contribution in [2.24, 2.45) is 17.1 Å². The third kappa shape index (κ3) is 4.00. The number of carbonyl (C=O) groups excluding carboxylic acids is 2. The predicted octanol–water partition coefficient (Wildman–Crippen LogP) is 2.34. The number of primary amides is 1. The largest absolute Gasteiger partial charge is 0.369 e. The minimum Gasteiger partial charge on any atom is -0.369 e. The third-order valence-corrected chi connectivity index (χ3v) is 4.42. The Balaban J connectivity index is 1.96. The summed E-state index contributed by atoms with van der Waals surface area (Å²) in [5.74, 6) is 0.0590. The highest BCUT2D eigenvalue weighted by Gasteiger charge is 2.30. The summed E-state index contributed by atoms with van der Waals surface area (Å²) < 4.78 is 0. The topological polar surface area (TPSA) is 84.2 Å². The van der Waals surface area contributed by atoms with Gasteiger partial charge in [0.05, 0.1) is 11.5 Å². The van der Waals surface area contributed by atoms with Gasteiger partial charge in [0, 0.05) is 6.54 Å². The third-order valence-electron chi connectivity index (χ3n) is 4.42. The summed E-state index contributed by atoms with van der Waals surface area (Å²) in [5.41, 5.74) is 5.68. The Bertz CT molecular complexity index is 524. The highest BCUT2D eigenvalue weighted by molar-refractivity contribution is 5.81. The molecule has 0 aromatic heterocycles. The van der Waals surface area contributed by atoms with E-state index in [4.69, 9.17) is 5.73 Å². The standard InChI is InChI=1S/C17H25N3O2/c1-17(2,15(18)21)11-19-16(22)20-14(13-9-6-10-13)12-7-4-3-5-8-12/h3-5,7-8,13-14H,6,9-11H2,1-2H3,(H2,18,21)(H2,19,20,22)/t14-/m1/s1. The highest BCUT2D eigenvalue weighted by Crippen LogP contribution is 2.37. The number of hydrogen-bond acceptors (Lipinski definition) is 2. The molecule has 1 atom stereocenters. The molecule has 0 radical (unpaired) electrons. The van der Waals surface area contributed by atoms with Crippen LogP contribution in [0.5, 0.6) is 0 Å². The lowest BCUT2D eigenvalue weighted by Gasteiger charge is -2.35. The Morgan fingerprint density at radius 1 is 1.27 bits per heavy atom. The van der Waals surface area contributed by atoms with Crippen LogP contribution in [0.1, 0.15) is 44.7 Å². The molecule has 5 nitrogen and oxygen atoms in total. The molecule has 2 rings (SSSR count). The summed E-state index contributed by atoms with van der Waals surface area (Å²) in [5, 5.41) is 5.80. The first-order chi connectivity index (χ1) is 10.4. The monoisotopic (exact) mass is 303 g/mol. The van der Waals surface area contributed by atoms with Gasteiger partial charge in [0.2, 0.25) is 5.91 Å². The molecule has 3 amide bonds. The summed E-state index contributed by atoms with van der Waals surface area (Å²) in [4.78, 5) is 23.5. The van der Waals surface area contributed by atoms with Crippen LogP contribution >= 0.6 is 0 Å². The molecule has 0 heterocycles. The summed E-state index contributed by atoms with van der Waals surface area (Å²) in [6.45, 7) is 3.66. The van der Waals surface area contributed by atoms with E-state index in [2.05, 4.69) is 10.6 Å². The fourth-order valence-corrected chi connectivity index (χ4v) is 2.49. The second-order valence-electron chi connectivity index (χ2n) is 6.65. The molecule has 0 spiro atoms. The van der Waals surface area contributed by atoms with Crippen molar-refractivity contribution in [1.29, 1.82) is 0 Å². The molecule has 1 fully saturated rings. The van der Waals surface area contributed by atoms with Gasteiger partial charge in [-0.1, -0.05) is 36.8 Å². The first-order valence-electron chi connectivity index (χ1n) is 7.79. The number of benzene rings is 1. The van der Waals surface area contributed by atoms with Crippen LogP contribution < -0.4 is 16.4 Å². The Labute approximate surface area is 131 Å². The van der Waals surface area contributed by atoms with E-state index in [1.165, 1.54) is 6.42 Å². The van der Waals surface area contributed by atoms with Crippen molar-refractivity contribution in [3.8, 4) is 0 Å². The van der Waals surface area contributed by atoms with Crippen LogP contribution in [0, 0.1) is 11.3 Å². The Hall–Kier alpha value is -2.04. The van der Waals surface area contributed by atoms with Gasteiger partial charge in [-0.05, 0) is 38.2 Å². The van der Waals surface area contributed by atoms with Gasteiger partial charge in [-0.3, -0.25) is 4.79 Å². The molecule has 0 saturated heterocycles. The van der Waals surface area contributed by atoms with Gasteiger partial charge in [-0.15, -0.1) is 0 Å². The molecule has 22 heavy (non-hydrogen) atoms. The van der Waals surface area contributed by atoms with Crippen molar-refractivity contribution >= 4 is 11.9 Å². The SMILES string of the molecule is CC(C)(CNC(=O)N[C@H](c1ccccc1)C1CCC1)C(N)=O. The van der Waals surface area contributed by atoms with Crippen LogP contribution in [-0.2, 0) is 4.79 Å². The van der Waals surface area contributed by atoms with Gasteiger partial charge in [0.1, 0.15) is 0 Å². The normalized spacial score (nSPS) is 16.5. The molecular weight excluding hydrogens is 278 g/mol. The van der Waals surface area contributed by atoms with Gasteiger partial charge in [-0.25, -0.2) is 4.79 Å². The van der Waals surface area contributed by atoms with E-state index < -0.39 is 11.3 Å². The summed E-state index contributed by atoms with van der Waals surface area (Å²) in [6, 6.07) is 9.78. The van der Waals surface area contributed by atoms with Gasteiger partial charge < -0.3 is 16.4 Å². The molecule has 120 valence electrons. The van der Waals surface area contributed by atoms with Crippen LogP contribution in [-0.4, -0.2) is 18.5 Å². The predicted molar refractivity (Wildman–Crippen MR) is 86.0 cm³/mol. The summed E-state index contributed by atoms with van der Waals surface area (Å²) >= 11 is 0. The van der Waals surface area contributed by atoms with Crippen LogP contribution in [0.4, 0.5) is 4.79 Å². The van der Waals surface area contributed by atoms with E-state index in [-0.39, 0.29) is 18.6 Å². The number of urea groups is 1. The molecular formula is C17H25N3O2. The molecule has 0 unspecified atom stereocenters. The number of nitrogens with two attached hydrogens (primary N) is 1. The molecule has 5 heteroatoms. The zero-order valence-corrected chi connectivity index (χ0v) is 13.3. The summed E-state index contributed by atoms with van der Waals surface area (Å²) in [7, 11) is 0. The number of hydrogen-bond donors (Lipinski definition) is 3.